The molecule has 2 N–H and O–H groups in total. The van der Waals surface area contributed by atoms with E-state index in [1.165, 1.54) is 6.42 Å². The second-order valence-electron chi connectivity index (χ2n) is 3.90. The zero-order chi connectivity index (χ0) is 12.0. The molecule has 0 heterocycles. The highest BCUT2D eigenvalue weighted by molar-refractivity contribution is 8.00. The van der Waals surface area contributed by atoms with Crippen LogP contribution >= 0.6 is 23.5 Å². The number of hydrogen-bond acceptors (Lipinski definition) is 4. The standard InChI is InChI=1S/C10H17NO3S2/c1-15-10(3-2-4-10)7-11-8(12)5-16-6-9(13)14/h2-7H2,1H3,(H,11,12)(H,13,14). The van der Waals surface area contributed by atoms with Crippen molar-refractivity contribution in [2.24, 2.45) is 0 Å². The van der Waals surface area contributed by atoms with Gasteiger partial charge in [-0.05, 0) is 19.1 Å². The van der Waals surface area contributed by atoms with E-state index in [0.717, 1.165) is 24.6 Å². The van der Waals surface area contributed by atoms with Gasteiger partial charge in [0.2, 0.25) is 5.91 Å². The van der Waals surface area contributed by atoms with Gasteiger partial charge in [-0.1, -0.05) is 6.42 Å². The second-order valence-corrected chi connectivity index (χ2v) is 6.16. The lowest BCUT2D eigenvalue weighted by Gasteiger charge is -2.40. The van der Waals surface area contributed by atoms with Crippen molar-refractivity contribution in [3.8, 4) is 0 Å². The lowest BCUT2D eigenvalue weighted by Crippen LogP contribution is -2.45. The minimum atomic E-state index is -0.877. The van der Waals surface area contributed by atoms with Gasteiger partial charge in [0, 0.05) is 11.3 Å². The van der Waals surface area contributed by atoms with Crippen LogP contribution in [0, 0.1) is 0 Å². The van der Waals surface area contributed by atoms with Crippen LogP contribution in [0.5, 0.6) is 0 Å². The number of carbonyl (C=O) groups is 2. The molecule has 0 radical (unpaired) electrons. The van der Waals surface area contributed by atoms with Crippen LogP contribution in [0.4, 0.5) is 0 Å². The van der Waals surface area contributed by atoms with E-state index in [2.05, 4.69) is 11.6 Å². The number of amides is 1. The van der Waals surface area contributed by atoms with Crippen molar-refractivity contribution in [1.82, 2.24) is 5.32 Å². The maximum absolute atomic E-state index is 11.4. The first-order valence-electron chi connectivity index (χ1n) is 5.19. The Balaban J connectivity index is 2.12. The molecule has 0 aromatic rings. The maximum atomic E-state index is 11.4. The molecule has 1 aliphatic carbocycles. The maximum Gasteiger partial charge on any atom is 0.313 e. The summed E-state index contributed by atoms with van der Waals surface area (Å²) in [7, 11) is 0. The van der Waals surface area contributed by atoms with E-state index in [0.29, 0.717) is 6.54 Å². The average Bonchev–Trinajstić information content (AvgIpc) is 2.16. The number of thioether (sulfide) groups is 2. The van der Waals surface area contributed by atoms with Gasteiger partial charge < -0.3 is 10.4 Å². The molecular weight excluding hydrogens is 246 g/mol. The van der Waals surface area contributed by atoms with E-state index in [1.54, 1.807) is 0 Å². The molecule has 4 nitrogen and oxygen atoms in total. The Morgan fingerprint density at radius 3 is 2.50 bits per heavy atom. The van der Waals surface area contributed by atoms with Crippen LogP contribution in [-0.4, -0.2) is 46.0 Å². The fourth-order valence-electron chi connectivity index (χ4n) is 1.57. The fraction of sp³-hybridized carbons (Fsp3) is 0.800. The molecule has 16 heavy (non-hydrogen) atoms. The third-order valence-electron chi connectivity index (χ3n) is 2.76. The Morgan fingerprint density at radius 1 is 1.38 bits per heavy atom. The predicted molar refractivity (Wildman–Crippen MR) is 68.1 cm³/mol. The third kappa shape index (κ3) is 4.25. The first-order valence-corrected chi connectivity index (χ1v) is 7.57. The smallest absolute Gasteiger partial charge is 0.313 e. The van der Waals surface area contributed by atoms with Crippen molar-refractivity contribution in [3.63, 3.8) is 0 Å². The summed E-state index contributed by atoms with van der Waals surface area (Å²) in [6.07, 6.45) is 5.64. The zero-order valence-corrected chi connectivity index (χ0v) is 11.0. The van der Waals surface area contributed by atoms with Crippen molar-refractivity contribution < 1.29 is 14.7 Å². The van der Waals surface area contributed by atoms with E-state index in [4.69, 9.17) is 5.11 Å². The summed E-state index contributed by atoms with van der Waals surface area (Å²) in [5.41, 5.74) is 0. The molecular formula is C10H17NO3S2. The molecule has 92 valence electrons. The lowest BCUT2D eigenvalue weighted by atomic mass is 9.84. The van der Waals surface area contributed by atoms with Crippen LogP contribution < -0.4 is 5.32 Å². The summed E-state index contributed by atoms with van der Waals surface area (Å²) >= 11 is 2.95. The highest BCUT2D eigenvalue weighted by Gasteiger charge is 2.36. The van der Waals surface area contributed by atoms with Crippen molar-refractivity contribution in [1.29, 1.82) is 0 Å². The topological polar surface area (TPSA) is 66.4 Å². The van der Waals surface area contributed by atoms with Crippen LogP contribution in [0.15, 0.2) is 0 Å². The van der Waals surface area contributed by atoms with E-state index >= 15 is 0 Å². The van der Waals surface area contributed by atoms with E-state index < -0.39 is 5.97 Å². The molecule has 0 aliphatic heterocycles. The zero-order valence-electron chi connectivity index (χ0n) is 9.32. The lowest BCUT2D eigenvalue weighted by molar-refractivity contribution is -0.133. The van der Waals surface area contributed by atoms with Crippen LogP contribution in [0.1, 0.15) is 19.3 Å². The SMILES string of the molecule is CSC1(CNC(=O)CSCC(=O)O)CCC1. The minimum Gasteiger partial charge on any atom is -0.481 e. The second kappa shape index (κ2) is 6.39. The molecule has 1 rings (SSSR count). The summed E-state index contributed by atoms with van der Waals surface area (Å²) in [5, 5.41) is 11.3. The summed E-state index contributed by atoms with van der Waals surface area (Å²) in [6, 6.07) is 0. The normalized spacial score (nSPS) is 17.6. The molecule has 1 fully saturated rings. The molecule has 0 atom stereocenters. The molecule has 0 unspecified atom stereocenters. The summed E-state index contributed by atoms with van der Waals surface area (Å²) in [4.78, 5) is 21.6. The van der Waals surface area contributed by atoms with Gasteiger partial charge in [0.25, 0.3) is 0 Å². The van der Waals surface area contributed by atoms with Gasteiger partial charge in [-0.25, -0.2) is 0 Å². The average molecular weight is 263 g/mol. The Bertz CT molecular complexity index is 261. The summed E-state index contributed by atoms with van der Waals surface area (Å²) in [5.74, 6) is -0.721. The highest BCUT2D eigenvalue weighted by Crippen LogP contribution is 2.42. The van der Waals surface area contributed by atoms with Crippen LogP contribution in [0.25, 0.3) is 0 Å². The molecule has 0 bridgehead atoms. The molecule has 1 amide bonds. The van der Waals surface area contributed by atoms with Gasteiger partial charge in [0.15, 0.2) is 0 Å². The molecule has 6 heteroatoms. The van der Waals surface area contributed by atoms with E-state index in [1.807, 2.05) is 11.8 Å². The van der Waals surface area contributed by atoms with Crippen LogP contribution in [0.2, 0.25) is 0 Å². The number of carboxylic acids is 1. The monoisotopic (exact) mass is 263 g/mol. The number of nitrogens with one attached hydrogen (secondary N) is 1. The quantitative estimate of drug-likeness (QED) is 0.722. The largest absolute Gasteiger partial charge is 0.481 e. The Labute approximate surface area is 104 Å². The van der Waals surface area contributed by atoms with Crippen molar-refractivity contribution in [2.75, 3.05) is 24.3 Å². The summed E-state index contributed by atoms with van der Waals surface area (Å²) < 4.78 is 0.243. The van der Waals surface area contributed by atoms with Gasteiger partial charge in [0.1, 0.15) is 0 Å². The van der Waals surface area contributed by atoms with Gasteiger partial charge in [-0.15, -0.1) is 11.8 Å². The van der Waals surface area contributed by atoms with E-state index in [9.17, 15) is 9.59 Å². The van der Waals surface area contributed by atoms with Crippen molar-refractivity contribution in [3.05, 3.63) is 0 Å². The van der Waals surface area contributed by atoms with Gasteiger partial charge >= 0.3 is 5.97 Å². The number of hydrogen-bond donors (Lipinski definition) is 2. The number of carbonyl (C=O) groups excluding carboxylic acids is 1. The molecule has 0 aromatic heterocycles. The molecule has 0 spiro atoms. The molecule has 0 saturated heterocycles. The van der Waals surface area contributed by atoms with Gasteiger partial charge in [0.05, 0.1) is 11.5 Å². The minimum absolute atomic E-state index is 0.0128. The van der Waals surface area contributed by atoms with E-state index in [-0.39, 0.29) is 22.2 Å². The van der Waals surface area contributed by atoms with Gasteiger partial charge in [-0.2, -0.15) is 11.8 Å². The third-order valence-corrected chi connectivity index (χ3v) is 5.10. The van der Waals surface area contributed by atoms with Gasteiger partial charge in [-0.3, -0.25) is 9.59 Å². The number of carboxylic acid groups (broad SMARTS) is 1. The Morgan fingerprint density at radius 2 is 2.06 bits per heavy atom. The number of rotatable bonds is 7. The number of aliphatic carboxylic acids is 1. The van der Waals surface area contributed by atoms with Crippen molar-refractivity contribution >= 4 is 35.4 Å². The molecule has 0 aromatic carbocycles. The molecule has 1 saturated carbocycles. The van der Waals surface area contributed by atoms with Crippen molar-refractivity contribution in [2.45, 2.75) is 24.0 Å². The summed E-state index contributed by atoms with van der Waals surface area (Å²) in [6.45, 7) is 0.709. The highest BCUT2D eigenvalue weighted by atomic mass is 32.2. The van der Waals surface area contributed by atoms with Crippen LogP contribution in [0.3, 0.4) is 0 Å². The first kappa shape index (κ1) is 13.7. The van der Waals surface area contributed by atoms with Crippen LogP contribution in [-0.2, 0) is 9.59 Å². The molecule has 1 aliphatic rings. The predicted octanol–water partition coefficient (Wildman–Crippen LogP) is 1.21. The fourth-order valence-corrected chi connectivity index (χ4v) is 3.04. The first-order chi connectivity index (χ1) is 7.58. The Hall–Kier alpha value is -0.360. The Kier molecular flexibility index (Phi) is 5.48.